The summed E-state index contributed by atoms with van der Waals surface area (Å²) in [6.07, 6.45) is 3.89. The molecule has 0 bridgehead atoms. The molecule has 1 nitrogen and oxygen atoms in total. The Kier molecular flexibility index (Phi) is 20.6. The summed E-state index contributed by atoms with van der Waals surface area (Å²) in [5.74, 6) is 0. The fourth-order valence-corrected chi connectivity index (χ4v) is 1.09. The minimum atomic E-state index is -0.114. The second kappa shape index (κ2) is 16.1. The van der Waals surface area contributed by atoms with E-state index in [2.05, 4.69) is 13.5 Å². The quantitative estimate of drug-likeness (QED) is 0.445. The summed E-state index contributed by atoms with van der Waals surface area (Å²) in [4.78, 5) is 0. The molecular weight excluding hydrogens is 140 g/mol. The first-order valence-electron chi connectivity index (χ1n) is 4.49. The lowest BCUT2D eigenvalue weighted by atomic mass is 10.3. The van der Waals surface area contributed by atoms with Crippen LogP contribution < -0.4 is 0 Å². The predicted octanol–water partition coefficient (Wildman–Crippen LogP) is 2.35. The maximum Gasteiger partial charge on any atom is 0.158 e. The van der Waals surface area contributed by atoms with Crippen LogP contribution in [0.15, 0.2) is 0 Å². The van der Waals surface area contributed by atoms with Gasteiger partial charge in [-0.15, -0.1) is 0 Å². The molecule has 0 rings (SSSR count). The van der Waals surface area contributed by atoms with E-state index in [0.717, 1.165) is 6.61 Å². The van der Waals surface area contributed by atoms with Crippen molar-refractivity contribution < 1.29 is 4.43 Å². The van der Waals surface area contributed by atoms with Gasteiger partial charge in [-0.2, -0.15) is 0 Å². The summed E-state index contributed by atoms with van der Waals surface area (Å²) in [6.45, 7) is 9.39. The van der Waals surface area contributed by atoms with Gasteiger partial charge in [0.15, 0.2) is 9.76 Å². The predicted molar refractivity (Wildman–Crippen MR) is 51.2 cm³/mol. The van der Waals surface area contributed by atoms with Gasteiger partial charge >= 0.3 is 0 Å². The van der Waals surface area contributed by atoms with Crippen molar-refractivity contribution in [2.24, 2.45) is 0 Å². The molecule has 0 heterocycles. The maximum absolute atomic E-state index is 5.27. The van der Waals surface area contributed by atoms with Crippen LogP contribution in [0.3, 0.4) is 0 Å². The standard InChI is InChI=1S/C6H16OSi.C2H6/c1-3-4-5-6-7-8-2;1-2/h3-6,8H2,1-2H3;1-2H3. The van der Waals surface area contributed by atoms with E-state index < -0.39 is 0 Å². The summed E-state index contributed by atoms with van der Waals surface area (Å²) in [5, 5.41) is 0. The summed E-state index contributed by atoms with van der Waals surface area (Å²) in [7, 11) is -0.114. The third-order valence-electron chi connectivity index (χ3n) is 1.10. The van der Waals surface area contributed by atoms with E-state index in [1.807, 2.05) is 13.8 Å². The van der Waals surface area contributed by atoms with Crippen molar-refractivity contribution in [1.82, 2.24) is 0 Å². The molecule has 0 aliphatic rings. The molecule has 0 saturated carbocycles. The van der Waals surface area contributed by atoms with Gasteiger partial charge in [0.1, 0.15) is 0 Å². The topological polar surface area (TPSA) is 9.23 Å². The maximum atomic E-state index is 5.27. The van der Waals surface area contributed by atoms with Gasteiger partial charge in [-0.05, 0) is 6.42 Å². The van der Waals surface area contributed by atoms with E-state index in [1.54, 1.807) is 0 Å². The van der Waals surface area contributed by atoms with E-state index in [0.29, 0.717) is 0 Å². The van der Waals surface area contributed by atoms with Crippen LogP contribution in [0.5, 0.6) is 0 Å². The highest BCUT2D eigenvalue weighted by Gasteiger charge is 1.82. The molecule has 0 atom stereocenters. The lowest BCUT2D eigenvalue weighted by Gasteiger charge is -1.97. The van der Waals surface area contributed by atoms with Crippen LogP contribution >= 0.6 is 0 Å². The lowest BCUT2D eigenvalue weighted by molar-refractivity contribution is 0.325. The molecule has 0 aliphatic carbocycles. The van der Waals surface area contributed by atoms with Crippen molar-refractivity contribution in [3.63, 3.8) is 0 Å². The Hall–Kier alpha value is 0.177. The fraction of sp³-hybridized carbons (Fsp3) is 1.00. The molecule has 0 aromatic heterocycles. The van der Waals surface area contributed by atoms with Gasteiger partial charge in [-0.25, -0.2) is 0 Å². The van der Waals surface area contributed by atoms with Crippen molar-refractivity contribution in [1.29, 1.82) is 0 Å². The minimum absolute atomic E-state index is 0.114. The summed E-state index contributed by atoms with van der Waals surface area (Å²) in [5.41, 5.74) is 0. The van der Waals surface area contributed by atoms with Crippen LogP contribution in [0, 0.1) is 0 Å². The minimum Gasteiger partial charge on any atom is -0.424 e. The molecule has 0 fully saturated rings. The molecule has 0 radical (unpaired) electrons. The summed E-state index contributed by atoms with van der Waals surface area (Å²) in [6, 6.07) is 0. The van der Waals surface area contributed by atoms with Crippen molar-refractivity contribution >= 4 is 9.76 Å². The number of rotatable bonds is 5. The third kappa shape index (κ3) is 15.7. The van der Waals surface area contributed by atoms with Crippen molar-refractivity contribution in [3.05, 3.63) is 0 Å². The van der Waals surface area contributed by atoms with Crippen LogP contribution in [-0.4, -0.2) is 16.4 Å². The van der Waals surface area contributed by atoms with E-state index in [1.165, 1.54) is 19.3 Å². The number of unbranched alkanes of at least 4 members (excludes halogenated alkanes) is 2. The Morgan fingerprint density at radius 3 is 2.20 bits per heavy atom. The normalized spacial score (nSPS) is 9.60. The Balaban J connectivity index is 0. The Morgan fingerprint density at radius 1 is 1.20 bits per heavy atom. The molecule has 0 aromatic rings. The molecule has 2 heteroatoms. The second-order valence-electron chi connectivity index (χ2n) is 1.90. The second-order valence-corrected chi connectivity index (χ2v) is 2.89. The molecule has 0 spiro atoms. The fourth-order valence-electron chi connectivity index (χ4n) is 0.598. The van der Waals surface area contributed by atoms with Gasteiger partial charge < -0.3 is 4.43 Å². The van der Waals surface area contributed by atoms with Gasteiger partial charge in [-0.1, -0.05) is 40.2 Å². The number of hydrogen-bond donors (Lipinski definition) is 0. The van der Waals surface area contributed by atoms with E-state index >= 15 is 0 Å². The first kappa shape index (κ1) is 12.8. The van der Waals surface area contributed by atoms with Crippen LogP contribution in [0.2, 0.25) is 6.55 Å². The zero-order valence-electron chi connectivity index (χ0n) is 7.94. The molecule has 0 aromatic carbocycles. The highest BCUT2D eigenvalue weighted by Crippen LogP contribution is 1.92. The Bertz CT molecular complexity index is 34.2. The molecule has 64 valence electrons. The smallest absolute Gasteiger partial charge is 0.158 e. The molecule has 0 saturated heterocycles. The highest BCUT2D eigenvalue weighted by molar-refractivity contribution is 6.24. The van der Waals surface area contributed by atoms with E-state index in [9.17, 15) is 0 Å². The highest BCUT2D eigenvalue weighted by atomic mass is 28.2. The van der Waals surface area contributed by atoms with Crippen LogP contribution in [0.1, 0.15) is 40.0 Å². The average Bonchev–Trinajstić information content (AvgIpc) is 2.02. The number of hydrogen-bond acceptors (Lipinski definition) is 1. The first-order valence-corrected chi connectivity index (χ1v) is 6.48. The largest absolute Gasteiger partial charge is 0.424 e. The Morgan fingerprint density at radius 2 is 1.80 bits per heavy atom. The van der Waals surface area contributed by atoms with E-state index in [4.69, 9.17) is 4.43 Å². The summed E-state index contributed by atoms with van der Waals surface area (Å²) >= 11 is 0. The summed E-state index contributed by atoms with van der Waals surface area (Å²) < 4.78 is 5.27. The molecule has 0 amide bonds. The molecule has 0 unspecified atom stereocenters. The van der Waals surface area contributed by atoms with Crippen LogP contribution in [-0.2, 0) is 4.43 Å². The van der Waals surface area contributed by atoms with Gasteiger partial charge in [0.05, 0.1) is 0 Å². The van der Waals surface area contributed by atoms with Gasteiger partial charge in [0.2, 0.25) is 0 Å². The Labute approximate surface area is 68.1 Å². The zero-order chi connectivity index (χ0) is 8.24. The van der Waals surface area contributed by atoms with Crippen molar-refractivity contribution in [2.75, 3.05) is 6.61 Å². The molecule has 0 aliphatic heterocycles. The van der Waals surface area contributed by atoms with Crippen molar-refractivity contribution in [3.8, 4) is 0 Å². The first-order chi connectivity index (χ1) is 4.91. The van der Waals surface area contributed by atoms with E-state index in [-0.39, 0.29) is 9.76 Å². The zero-order valence-corrected chi connectivity index (χ0v) is 9.36. The van der Waals surface area contributed by atoms with Gasteiger partial charge in [0.25, 0.3) is 0 Å². The molecule has 10 heavy (non-hydrogen) atoms. The van der Waals surface area contributed by atoms with Gasteiger partial charge in [0, 0.05) is 6.61 Å². The monoisotopic (exact) mass is 162 g/mol. The van der Waals surface area contributed by atoms with Crippen LogP contribution in [0.25, 0.3) is 0 Å². The SMILES string of the molecule is CC.CCCCCO[SiH2]C. The third-order valence-corrected chi connectivity index (χ3v) is 1.79. The van der Waals surface area contributed by atoms with Crippen molar-refractivity contribution in [2.45, 2.75) is 46.6 Å². The molecular formula is C8H22OSi. The lowest BCUT2D eigenvalue weighted by Crippen LogP contribution is -1.94. The average molecular weight is 162 g/mol. The van der Waals surface area contributed by atoms with Gasteiger partial charge in [-0.3, -0.25) is 0 Å². The molecule has 0 N–H and O–H groups in total. The van der Waals surface area contributed by atoms with Crippen LogP contribution in [0.4, 0.5) is 0 Å².